The van der Waals surface area contributed by atoms with Crippen LogP contribution in [0.5, 0.6) is 0 Å². The molecule has 6 heteroatoms. The Bertz CT molecular complexity index is 759. The van der Waals surface area contributed by atoms with E-state index in [0.717, 1.165) is 56.8 Å². The molecule has 144 valence electrons. The third-order valence-corrected chi connectivity index (χ3v) is 4.84. The van der Waals surface area contributed by atoms with Crippen molar-refractivity contribution >= 4 is 23.2 Å². The number of guanidine groups is 1. The van der Waals surface area contributed by atoms with E-state index in [-0.39, 0.29) is 0 Å². The molecule has 1 aliphatic rings. The summed E-state index contributed by atoms with van der Waals surface area (Å²) in [5.74, 6) is 0.800. The largest absolute Gasteiger partial charge is 0.378 e. The van der Waals surface area contributed by atoms with Crippen LogP contribution < -0.4 is 15.5 Å². The molecule has 2 aromatic rings. The molecule has 3 rings (SSSR count). The molecular formula is C21H27ClN4O. The Labute approximate surface area is 166 Å². The van der Waals surface area contributed by atoms with Gasteiger partial charge < -0.3 is 20.3 Å². The molecular weight excluding hydrogens is 360 g/mol. The summed E-state index contributed by atoms with van der Waals surface area (Å²) in [5, 5.41) is 7.56. The van der Waals surface area contributed by atoms with E-state index in [9.17, 15) is 0 Å². The highest BCUT2D eigenvalue weighted by Gasteiger charge is 2.14. The van der Waals surface area contributed by atoms with Crippen LogP contribution in [0.3, 0.4) is 0 Å². The quantitative estimate of drug-likeness (QED) is 0.591. The summed E-state index contributed by atoms with van der Waals surface area (Å²) in [6.07, 6.45) is 0.894. The van der Waals surface area contributed by atoms with Crippen LogP contribution in [0, 0.1) is 0 Å². The highest BCUT2D eigenvalue weighted by atomic mass is 35.5. The second-order valence-electron chi connectivity index (χ2n) is 6.46. The van der Waals surface area contributed by atoms with Gasteiger partial charge in [0.15, 0.2) is 5.96 Å². The number of ether oxygens (including phenoxy) is 1. The van der Waals surface area contributed by atoms with Crippen molar-refractivity contribution in [3.05, 3.63) is 64.7 Å². The summed E-state index contributed by atoms with van der Waals surface area (Å²) in [6.45, 7) is 4.96. The Kier molecular flexibility index (Phi) is 7.36. The van der Waals surface area contributed by atoms with Gasteiger partial charge in [0.2, 0.25) is 0 Å². The molecule has 0 saturated carbocycles. The highest BCUT2D eigenvalue weighted by Crippen LogP contribution is 2.21. The normalized spacial score (nSPS) is 14.9. The molecule has 2 aromatic carbocycles. The van der Waals surface area contributed by atoms with Gasteiger partial charge in [0.1, 0.15) is 0 Å². The van der Waals surface area contributed by atoms with E-state index >= 15 is 0 Å². The summed E-state index contributed by atoms with van der Waals surface area (Å²) < 4.78 is 5.47. The lowest BCUT2D eigenvalue weighted by atomic mass is 10.1. The minimum Gasteiger partial charge on any atom is -0.378 e. The minimum atomic E-state index is 0.727. The maximum atomic E-state index is 6.04. The van der Waals surface area contributed by atoms with Crippen molar-refractivity contribution in [1.29, 1.82) is 0 Å². The third-order valence-electron chi connectivity index (χ3n) is 4.61. The van der Waals surface area contributed by atoms with Crippen molar-refractivity contribution in [3.8, 4) is 0 Å². The Hall–Kier alpha value is -2.24. The molecule has 5 nitrogen and oxygen atoms in total. The molecule has 0 aromatic heterocycles. The van der Waals surface area contributed by atoms with Crippen molar-refractivity contribution < 1.29 is 4.74 Å². The molecule has 0 unspecified atom stereocenters. The number of hydrogen-bond acceptors (Lipinski definition) is 3. The Morgan fingerprint density at radius 3 is 2.70 bits per heavy atom. The SMILES string of the molecule is CN=C(NCCc1cccc(Cl)c1)NCc1ccccc1N1CCOCC1. The van der Waals surface area contributed by atoms with Crippen LogP contribution in [0.4, 0.5) is 5.69 Å². The van der Waals surface area contributed by atoms with Gasteiger partial charge in [-0.05, 0) is 35.7 Å². The molecule has 1 saturated heterocycles. The maximum Gasteiger partial charge on any atom is 0.191 e. The smallest absolute Gasteiger partial charge is 0.191 e. The first-order valence-electron chi connectivity index (χ1n) is 9.36. The van der Waals surface area contributed by atoms with Crippen molar-refractivity contribution in [3.63, 3.8) is 0 Å². The van der Waals surface area contributed by atoms with Crippen LogP contribution in [0.1, 0.15) is 11.1 Å². The average molecular weight is 387 g/mol. The molecule has 1 fully saturated rings. The number of nitrogens with one attached hydrogen (secondary N) is 2. The summed E-state index contributed by atoms with van der Waals surface area (Å²) in [5.41, 5.74) is 3.74. The molecule has 0 aliphatic carbocycles. The fourth-order valence-corrected chi connectivity index (χ4v) is 3.40. The summed E-state index contributed by atoms with van der Waals surface area (Å²) in [4.78, 5) is 6.71. The first-order chi connectivity index (χ1) is 13.3. The predicted octanol–water partition coefficient (Wildman–Crippen LogP) is 3.08. The number of para-hydroxylation sites is 1. The second kappa shape index (κ2) is 10.2. The van der Waals surface area contributed by atoms with Crippen molar-refractivity contribution in [2.75, 3.05) is 44.8 Å². The van der Waals surface area contributed by atoms with Gasteiger partial charge in [0.25, 0.3) is 0 Å². The van der Waals surface area contributed by atoms with Crippen LogP contribution in [0.2, 0.25) is 5.02 Å². The molecule has 2 N–H and O–H groups in total. The van der Waals surface area contributed by atoms with Gasteiger partial charge in [-0.3, -0.25) is 4.99 Å². The maximum absolute atomic E-state index is 6.04. The lowest BCUT2D eigenvalue weighted by Gasteiger charge is -2.30. The number of nitrogens with zero attached hydrogens (tertiary/aromatic N) is 2. The van der Waals surface area contributed by atoms with Crippen molar-refractivity contribution in [1.82, 2.24) is 10.6 Å². The van der Waals surface area contributed by atoms with E-state index in [1.807, 2.05) is 18.2 Å². The Balaban J connectivity index is 1.52. The summed E-state index contributed by atoms with van der Waals surface area (Å²) >= 11 is 6.04. The molecule has 0 bridgehead atoms. The zero-order valence-electron chi connectivity index (χ0n) is 15.7. The van der Waals surface area contributed by atoms with Gasteiger partial charge in [-0.2, -0.15) is 0 Å². The summed E-state index contributed by atoms with van der Waals surface area (Å²) in [6, 6.07) is 16.5. The number of hydrogen-bond donors (Lipinski definition) is 2. The third kappa shape index (κ3) is 5.88. The molecule has 0 radical (unpaired) electrons. The van der Waals surface area contributed by atoms with Gasteiger partial charge in [-0.15, -0.1) is 0 Å². The fourth-order valence-electron chi connectivity index (χ4n) is 3.19. The summed E-state index contributed by atoms with van der Waals surface area (Å²) in [7, 11) is 1.79. The van der Waals surface area contributed by atoms with Gasteiger partial charge in [0, 0.05) is 43.9 Å². The lowest BCUT2D eigenvalue weighted by molar-refractivity contribution is 0.122. The van der Waals surface area contributed by atoms with Crippen molar-refractivity contribution in [2.24, 2.45) is 4.99 Å². The number of rotatable bonds is 6. The van der Waals surface area contributed by atoms with Gasteiger partial charge in [0.05, 0.1) is 13.2 Å². The number of benzene rings is 2. The van der Waals surface area contributed by atoms with Crippen LogP contribution in [0.15, 0.2) is 53.5 Å². The first-order valence-corrected chi connectivity index (χ1v) is 9.73. The molecule has 0 atom stereocenters. The number of anilines is 1. The zero-order chi connectivity index (χ0) is 18.9. The van der Waals surface area contributed by atoms with E-state index in [1.54, 1.807) is 7.05 Å². The van der Waals surface area contributed by atoms with Crippen LogP contribution >= 0.6 is 11.6 Å². The van der Waals surface area contributed by atoms with E-state index < -0.39 is 0 Å². The topological polar surface area (TPSA) is 48.9 Å². The number of aliphatic imine (C=N–C) groups is 1. The Morgan fingerprint density at radius 2 is 1.93 bits per heavy atom. The fraction of sp³-hybridized carbons (Fsp3) is 0.381. The van der Waals surface area contributed by atoms with Gasteiger partial charge >= 0.3 is 0 Å². The monoisotopic (exact) mass is 386 g/mol. The first kappa shape index (κ1) is 19.5. The van der Waals surface area contributed by atoms with Crippen LogP contribution in [-0.2, 0) is 17.7 Å². The van der Waals surface area contributed by atoms with E-state index in [4.69, 9.17) is 16.3 Å². The van der Waals surface area contributed by atoms with E-state index in [1.165, 1.54) is 16.8 Å². The number of halogens is 1. The molecule has 1 heterocycles. The standard InChI is InChI=1S/C21H27ClN4O/c1-23-21(24-10-9-17-5-4-7-19(22)15-17)25-16-18-6-2-3-8-20(18)26-11-13-27-14-12-26/h2-8,15H,9-14,16H2,1H3,(H2,23,24,25). The molecule has 0 spiro atoms. The average Bonchev–Trinajstić information content (AvgIpc) is 2.71. The van der Waals surface area contributed by atoms with Crippen LogP contribution in [-0.4, -0.2) is 45.9 Å². The van der Waals surface area contributed by atoms with Crippen molar-refractivity contribution in [2.45, 2.75) is 13.0 Å². The second-order valence-corrected chi connectivity index (χ2v) is 6.90. The predicted molar refractivity (Wildman–Crippen MR) is 113 cm³/mol. The van der Waals surface area contributed by atoms with E-state index in [2.05, 4.69) is 50.9 Å². The lowest BCUT2D eigenvalue weighted by Crippen LogP contribution is -2.39. The van der Waals surface area contributed by atoms with Gasteiger partial charge in [-0.25, -0.2) is 0 Å². The zero-order valence-corrected chi connectivity index (χ0v) is 16.5. The van der Waals surface area contributed by atoms with Gasteiger partial charge in [-0.1, -0.05) is 41.9 Å². The molecule has 1 aliphatic heterocycles. The highest BCUT2D eigenvalue weighted by molar-refractivity contribution is 6.30. The molecule has 0 amide bonds. The Morgan fingerprint density at radius 1 is 1.11 bits per heavy atom. The number of morpholine rings is 1. The van der Waals surface area contributed by atoms with Crippen LogP contribution in [0.25, 0.3) is 0 Å². The molecule has 27 heavy (non-hydrogen) atoms. The minimum absolute atomic E-state index is 0.727. The van der Waals surface area contributed by atoms with E-state index in [0.29, 0.717) is 0 Å².